The van der Waals surface area contributed by atoms with Gasteiger partial charge in [0.15, 0.2) is 0 Å². The Kier molecular flexibility index (Phi) is 4.42. The SMILES string of the molecule is CC1CCCN(C(=O)c2ccccc2Nc2ccccc2)C1. The van der Waals surface area contributed by atoms with E-state index < -0.39 is 0 Å². The van der Waals surface area contributed by atoms with Crippen molar-refractivity contribution in [1.29, 1.82) is 0 Å². The third kappa shape index (κ3) is 3.30. The maximum Gasteiger partial charge on any atom is 0.255 e. The Bertz CT molecular complexity index is 639. The molecule has 0 aromatic heterocycles. The number of anilines is 2. The first-order chi connectivity index (χ1) is 10.7. The number of amides is 1. The van der Waals surface area contributed by atoms with Crippen molar-refractivity contribution in [3.63, 3.8) is 0 Å². The van der Waals surface area contributed by atoms with Crippen LogP contribution in [0.1, 0.15) is 30.1 Å². The minimum absolute atomic E-state index is 0.130. The van der Waals surface area contributed by atoms with Gasteiger partial charge in [0.25, 0.3) is 5.91 Å². The Morgan fingerprint density at radius 1 is 1.09 bits per heavy atom. The Hall–Kier alpha value is -2.29. The van der Waals surface area contributed by atoms with Gasteiger partial charge >= 0.3 is 0 Å². The number of rotatable bonds is 3. The Balaban J connectivity index is 1.83. The van der Waals surface area contributed by atoms with Gasteiger partial charge in [0.2, 0.25) is 0 Å². The maximum absolute atomic E-state index is 12.8. The molecule has 2 aromatic carbocycles. The fourth-order valence-corrected chi connectivity index (χ4v) is 3.00. The average Bonchev–Trinajstić information content (AvgIpc) is 2.56. The summed E-state index contributed by atoms with van der Waals surface area (Å²) >= 11 is 0. The Morgan fingerprint density at radius 2 is 1.82 bits per heavy atom. The lowest BCUT2D eigenvalue weighted by Gasteiger charge is -2.31. The lowest BCUT2D eigenvalue weighted by molar-refractivity contribution is 0.0684. The standard InChI is InChI=1S/C19H22N2O/c1-15-8-7-13-21(14-15)19(22)17-11-5-6-12-18(17)20-16-9-3-2-4-10-16/h2-6,9-12,15,20H,7-8,13-14H2,1H3. The summed E-state index contributed by atoms with van der Waals surface area (Å²) in [6.45, 7) is 3.94. The number of hydrogen-bond donors (Lipinski definition) is 1. The molecule has 1 unspecified atom stereocenters. The zero-order valence-corrected chi connectivity index (χ0v) is 13.0. The van der Waals surface area contributed by atoms with Crippen molar-refractivity contribution in [2.24, 2.45) is 5.92 Å². The molecule has 3 heteroatoms. The van der Waals surface area contributed by atoms with Crippen LogP contribution in [0, 0.1) is 5.92 Å². The van der Waals surface area contributed by atoms with Gasteiger partial charge in [-0.3, -0.25) is 4.79 Å². The van der Waals surface area contributed by atoms with Crippen LogP contribution >= 0.6 is 0 Å². The van der Waals surface area contributed by atoms with E-state index in [-0.39, 0.29) is 5.91 Å². The van der Waals surface area contributed by atoms with E-state index in [9.17, 15) is 4.79 Å². The molecule has 1 atom stereocenters. The summed E-state index contributed by atoms with van der Waals surface area (Å²) in [6, 6.07) is 17.7. The van der Waals surface area contributed by atoms with Crippen LogP contribution in [0.25, 0.3) is 0 Å². The van der Waals surface area contributed by atoms with Crippen LogP contribution in [0.3, 0.4) is 0 Å². The number of benzene rings is 2. The molecule has 0 radical (unpaired) electrons. The zero-order chi connectivity index (χ0) is 15.4. The molecule has 1 aliphatic heterocycles. The summed E-state index contributed by atoms with van der Waals surface area (Å²) in [5.41, 5.74) is 2.62. The topological polar surface area (TPSA) is 32.3 Å². The molecule has 1 amide bonds. The van der Waals surface area contributed by atoms with Gasteiger partial charge in [0, 0.05) is 18.8 Å². The highest BCUT2D eigenvalue weighted by atomic mass is 16.2. The van der Waals surface area contributed by atoms with Gasteiger partial charge in [-0.15, -0.1) is 0 Å². The molecule has 0 saturated carbocycles. The number of para-hydroxylation sites is 2. The van der Waals surface area contributed by atoms with E-state index >= 15 is 0 Å². The van der Waals surface area contributed by atoms with Crippen LogP contribution < -0.4 is 5.32 Å². The highest BCUT2D eigenvalue weighted by molar-refractivity contribution is 6.00. The predicted molar refractivity (Wildman–Crippen MR) is 90.5 cm³/mol. The highest BCUT2D eigenvalue weighted by Gasteiger charge is 2.23. The highest BCUT2D eigenvalue weighted by Crippen LogP contribution is 2.24. The number of nitrogens with one attached hydrogen (secondary N) is 1. The second-order valence-corrected chi connectivity index (χ2v) is 6.04. The number of carbonyl (C=O) groups is 1. The Labute approximate surface area is 132 Å². The molecular formula is C19H22N2O. The molecule has 3 nitrogen and oxygen atoms in total. The van der Waals surface area contributed by atoms with Crippen molar-refractivity contribution in [2.45, 2.75) is 19.8 Å². The number of carbonyl (C=O) groups excluding carboxylic acids is 1. The molecule has 1 N–H and O–H groups in total. The molecule has 0 spiro atoms. The third-order valence-electron chi connectivity index (χ3n) is 4.15. The molecular weight excluding hydrogens is 272 g/mol. The number of nitrogens with zero attached hydrogens (tertiary/aromatic N) is 1. The number of hydrogen-bond acceptors (Lipinski definition) is 2. The molecule has 1 saturated heterocycles. The van der Waals surface area contributed by atoms with Gasteiger partial charge in [-0.2, -0.15) is 0 Å². The quantitative estimate of drug-likeness (QED) is 0.915. The van der Waals surface area contributed by atoms with E-state index in [2.05, 4.69) is 12.2 Å². The third-order valence-corrected chi connectivity index (χ3v) is 4.15. The minimum atomic E-state index is 0.130. The molecule has 1 heterocycles. The predicted octanol–water partition coefficient (Wildman–Crippen LogP) is 4.30. The first kappa shape index (κ1) is 14.6. The molecule has 22 heavy (non-hydrogen) atoms. The van der Waals surface area contributed by atoms with Crippen LogP contribution in [0.2, 0.25) is 0 Å². The van der Waals surface area contributed by atoms with Crippen LogP contribution in [-0.2, 0) is 0 Å². The lowest BCUT2D eigenvalue weighted by Crippen LogP contribution is -2.39. The lowest BCUT2D eigenvalue weighted by atomic mass is 9.99. The summed E-state index contributed by atoms with van der Waals surface area (Å²) < 4.78 is 0. The molecule has 2 aromatic rings. The fraction of sp³-hybridized carbons (Fsp3) is 0.316. The van der Waals surface area contributed by atoms with E-state index in [0.29, 0.717) is 5.92 Å². The summed E-state index contributed by atoms with van der Waals surface area (Å²) in [6.07, 6.45) is 2.31. The molecule has 0 aliphatic carbocycles. The van der Waals surface area contributed by atoms with Gasteiger partial charge in [-0.25, -0.2) is 0 Å². The zero-order valence-electron chi connectivity index (χ0n) is 13.0. The Morgan fingerprint density at radius 3 is 2.59 bits per heavy atom. The van der Waals surface area contributed by atoms with Crippen molar-refractivity contribution in [3.8, 4) is 0 Å². The van der Waals surface area contributed by atoms with Gasteiger partial charge in [-0.05, 0) is 43.0 Å². The molecule has 0 bridgehead atoms. The summed E-state index contributed by atoms with van der Waals surface area (Å²) in [5.74, 6) is 0.720. The van der Waals surface area contributed by atoms with E-state index in [0.717, 1.165) is 36.4 Å². The normalized spacial score (nSPS) is 18.0. The average molecular weight is 294 g/mol. The van der Waals surface area contributed by atoms with E-state index in [1.165, 1.54) is 6.42 Å². The van der Waals surface area contributed by atoms with Gasteiger partial charge < -0.3 is 10.2 Å². The van der Waals surface area contributed by atoms with Crippen LogP contribution in [0.15, 0.2) is 54.6 Å². The summed E-state index contributed by atoms with van der Waals surface area (Å²) in [5, 5.41) is 3.36. The van der Waals surface area contributed by atoms with E-state index in [4.69, 9.17) is 0 Å². The second-order valence-electron chi connectivity index (χ2n) is 6.04. The van der Waals surface area contributed by atoms with Gasteiger partial charge in [-0.1, -0.05) is 37.3 Å². The van der Waals surface area contributed by atoms with Crippen LogP contribution in [0.5, 0.6) is 0 Å². The van der Waals surface area contributed by atoms with Crippen LogP contribution in [-0.4, -0.2) is 23.9 Å². The molecule has 3 rings (SSSR count). The molecule has 114 valence electrons. The first-order valence-corrected chi connectivity index (χ1v) is 7.94. The minimum Gasteiger partial charge on any atom is -0.355 e. The number of piperidine rings is 1. The van der Waals surface area contributed by atoms with Crippen molar-refractivity contribution < 1.29 is 4.79 Å². The second kappa shape index (κ2) is 6.65. The van der Waals surface area contributed by atoms with E-state index in [1.54, 1.807) is 0 Å². The number of likely N-dealkylation sites (tertiary alicyclic amines) is 1. The van der Waals surface area contributed by atoms with Gasteiger partial charge in [0.05, 0.1) is 11.3 Å². The van der Waals surface area contributed by atoms with Crippen molar-refractivity contribution >= 4 is 17.3 Å². The van der Waals surface area contributed by atoms with Crippen LogP contribution in [0.4, 0.5) is 11.4 Å². The monoisotopic (exact) mass is 294 g/mol. The van der Waals surface area contributed by atoms with Crippen molar-refractivity contribution in [1.82, 2.24) is 4.90 Å². The van der Waals surface area contributed by atoms with E-state index in [1.807, 2.05) is 59.5 Å². The largest absolute Gasteiger partial charge is 0.355 e. The molecule has 1 aliphatic rings. The smallest absolute Gasteiger partial charge is 0.255 e. The summed E-state index contributed by atoms with van der Waals surface area (Å²) in [4.78, 5) is 14.8. The first-order valence-electron chi connectivity index (χ1n) is 7.94. The maximum atomic E-state index is 12.8. The summed E-state index contributed by atoms with van der Waals surface area (Å²) in [7, 11) is 0. The van der Waals surface area contributed by atoms with Crippen molar-refractivity contribution in [2.75, 3.05) is 18.4 Å². The van der Waals surface area contributed by atoms with Crippen molar-refractivity contribution in [3.05, 3.63) is 60.2 Å². The van der Waals surface area contributed by atoms with Gasteiger partial charge in [0.1, 0.15) is 0 Å². The fourth-order valence-electron chi connectivity index (χ4n) is 3.00. The molecule has 1 fully saturated rings.